The maximum Gasteiger partial charge on any atom is 0.283 e. The molecule has 1 aromatic rings. The highest BCUT2D eigenvalue weighted by molar-refractivity contribution is 9.10. The van der Waals surface area contributed by atoms with Crippen molar-refractivity contribution < 1.29 is 0 Å². The lowest BCUT2D eigenvalue weighted by Crippen LogP contribution is -2.25. The van der Waals surface area contributed by atoms with Crippen LogP contribution < -0.4 is 16.6 Å². The third-order valence-corrected chi connectivity index (χ3v) is 3.66. The van der Waals surface area contributed by atoms with Crippen LogP contribution in [-0.2, 0) is 6.54 Å². The van der Waals surface area contributed by atoms with Crippen LogP contribution in [0, 0.1) is 0 Å². The molecule has 3 N–H and O–H groups in total. The van der Waals surface area contributed by atoms with Gasteiger partial charge in [-0.25, -0.2) is 4.68 Å². The van der Waals surface area contributed by atoms with Gasteiger partial charge in [-0.15, -0.1) is 0 Å². The van der Waals surface area contributed by atoms with E-state index in [2.05, 4.69) is 33.3 Å². The van der Waals surface area contributed by atoms with Gasteiger partial charge in [-0.3, -0.25) is 4.79 Å². The summed E-state index contributed by atoms with van der Waals surface area (Å²) in [6.45, 7) is 2.75. The lowest BCUT2D eigenvalue weighted by Gasteiger charge is -2.09. The smallest absolute Gasteiger partial charge is 0.283 e. The normalized spacial score (nSPS) is 22.5. The largest absolute Gasteiger partial charge is 0.378 e. The van der Waals surface area contributed by atoms with Crippen molar-refractivity contribution in [3.63, 3.8) is 0 Å². The number of hydrogen-bond donors (Lipinski definition) is 2. The molecule has 1 aliphatic rings. The minimum Gasteiger partial charge on any atom is -0.378 e. The highest BCUT2D eigenvalue weighted by Crippen LogP contribution is 2.26. The predicted octanol–water partition coefficient (Wildman–Crippen LogP) is 1.32. The van der Waals surface area contributed by atoms with Gasteiger partial charge >= 0.3 is 0 Å². The first-order chi connectivity index (χ1) is 8.13. The van der Waals surface area contributed by atoms with Gasteiger partial charge in [0.15, 0.2) is 0 Å². The molecular weight excluding hydrogens is 284 g/mol. The number of rotatable bonds is 5. The zero-order valence-corrected chi connectivity index (χ0v) is 11.4. The van der Waals surface area contributed by atoms with Crippen LogP contribution in [0.2, 0.25) is 0 Å². The maximum atomic E-state index is 12.0. The fraction of sp³-hybridized carbons (Fsp3) is 0.636. The van der Waals surface area contributed by atoms with E-state index in [0.29, 0.717) is 11.0 Å². The molecule has 0 spiro atoms. The van der Waals surface area contributed by atoms with E-state index < -0.39 is 0 Å². The molecular formula is C11H17BrN4O. The van der Waals surface area contributed by atoms with Crippen LogP contribution >= 0.6 is 15.9 Å². The van der Waals surface area contributed by atoms with Crippen LogP contribution in [-0.4, -0.2) is 21.9 Å². The van der Waals surface area contributed by atoms with Crippen LogP contribution in [0.1, 0.15) is 26.2 Å². The van der Waals surface area contributed by atoms with Crippen molar-refractivity contribution in [3.05, 3.63) is 21.0 Å². The summed E-state index contributed by atoms with van der Waals surface area (Å²) in [5, 5.41) is 7.36. The number of nitrogens with one attached hydrogen (secondary N) is 1. The molecule has 0 saturated heterocycles. The fourth-order valence-corrected chi connectivity index (χ4v) is 2.03. The van der Waals surface area contributed by atoms with Gasteiger partial charge < -0.3 is 11.1 Å². The maximum absolute atomic E-state index is 12.0. The Morgan fingerprint density at radius 1 is 1.71 bits per heavy atom. The van der Waals surface area contributed by atoms with Crippen molar-refractivity contribution in [2.75, 3.05) is 5.32 Å². The van der Waals surface area contributed by atoms with Gasteiger partial charge in [0.2, 0.25) is 0 Å². The number of hydrogen-bond acceptors (Lipinski definition) is 4. The van der Waals surface area contributed by atoms with Crippen molar-refractivity contribution in [1.29, 1.82) is 0 Å². The number of aryl methyl sites for hydroxylation is 1. The Morgan fingerprint density at radius 3 is 3.00 bits per heavy atom. The molecule has 2 rings (SSSR count). The Labute approximate surface area is 109 Å². The number of nitrogens with zero attached hydrogens (tertiary/aromatic N) is 2. The molecule has 0 radical (unpaired) electrons. The van der Waals surface area contributed by atoms with Crippen molar-refractivity contribution in [2.45, 2.75) is 44.8 Å². The number of unbranched alkanes of at least 4 members (excludes halogenated alkanes) is 1. The molecule has 0 amide bonds. The van der Waals surface area contributed by atoms with E-state index in [1.807, 2.05) is 0 Å². The third kappa shape index (κ3) is 2.87. The molecule has 17 heavy (non-hydrogen) atoms. The second-order valence-electron chi connectivity index (χ2n) is 4.40. The number of halogens is 1. The molecule has 0 bridgehead atoms. The quantitative estimate of drug-likeness (QED) is 0.860. The summed E-state index contributed by atoms with van der Waals surface area (Å²) in [5.74, 6) is 0. The molecule has 5 nitrogen and oxygen atoms in total. The number of nitrogens with two attached hydrogens (primary N) is 1. The zero-order valence-electron chi connectivity index (χ0n) is 9.82. The fourth-order valence-electron chi connectivity index (χ4n) is 1.61. The number of anilines is 1. The van der Waals surface area contributed by atoms with Crippen LogP contribution in [0.5, 0.6) is 0 Å². The SMILES string of the molecule is CCCCn1ncc(NC2CC2N)c(Br)c1=O. The molecule has 1 aliphatic carbocycles. The van der Waals surface area contributed by atoms with E-state index in [9.17, 15) is 4.79 Å². The highest BCUT2D eigenvalue weighted by atomic mass is 79.9. The van der Waals surface area contributed by atoms with Crippen molar-refractivity contribution in [1.82, 2.24) is 9.78 Å². The molecule has 1 aromatic heterocycles. The van der Waals surface area contributed by atoms with Gasteiger partial charge in [0.1, 0.15) is 4.47 Å². The minimum atomic E-state index is -0.0855. The topological polar surface area (TPSA) is 72.9 Å². The molecule has 1 heterocycles. The molecule has 1 saturated carbocycles. The van der Waals surface area contributed by atoms with E-state index in [-0.39, 0.29) is 17.6 Å². The van der Waals surface area contributed by atoms with Crippen LogP contribution in [0.25, 0.3) is 0 Å². The van der Waals surface area contributed by atoms with Gasteiger partial charge in [-0.05, 0) is 28.8 Å². The van der Waals surface area contributed by atoms with Crippen molar-refractivity contribution in [3.8, 4) is 0 Å². The Morgan fingerprint density at radius 2 is 2.41 bits per heavy atom. The Kier molecular flexibility index (Phi) is 3.83. The van der Waals surface area contributed by atoms with E-state index in [1.165, 1.54) is 4.68 Å². The summed E-state index contributed by atoms with van der Waals surface area (Å²) < 4.78 is 2.04. The zero-order chi connectivity index (χ0) is 12.4. The van der Waals surface area contributed by atoms with Crippen molar-refractivity contribution in [2.24, 2.45) is 5.73 Å². The predicted molar refractivity (Wildman–Crippen MR) is 71.1 cm³/mol. The summed E-state index contributed by atoms with van der Waals surface area (Å²) in [6.07, 6.45) is 4.64. The molecule has 2 unspecified atom stereocenters. The molecule has 94 valence electrons. The summed E-state index contributed by atoms with van der Waals surface area (Å²) in [5.41, 5.74) is 6.37. The van der Waals surface area contributed by atoms with Gasteiger partial charge in [-0.2, -0.15) is 5.10 Å². The summed E-state index contributed by atoms with van der Waals surface area (Å²) >= 11 is 3.32. The lowest BCUT2D eigenvalue weighted by molar-refractivity contribution is 0.541. The van der Waals surface area contributed by atoms with E-state index in [4.69, 9.17) is 5.73 Å². The summed E-state index contributed by atoms with van der Waals surface area (Å²) in [4.78, 5) is 12.0. The van der Waals surface area contributed by atoms with E-state index in [1.54, 1.807) is 6.20 Å². The van der Waals surface area contributed by atoms with Gasteiger partial charge in [0.25, 0.3) is 5.56 Å². The first-order valence-corrected chi connectivity index (χ1v) is 6.70. The molecule has 2 atom stereocenters. The first-order valence-electron chi connectivity index (χ1n) is 5.91. The second kappa shape index (κ2) is 5.18. The molecule has 6 heteroatoms. The van der Waals surface area contributed by atoms with Crippen molar-refractivity contribution >= 4 is 21.6 Å². The average Bonchev–Trinajstić information content (AvgIpc) is 3.00. The van der Waals surface area contributed by atoms with Gasteiger partial charge in [-0.1, -0.05) is 13.3 Å². The Bertz CT molecular complexity index is 459. The highest BCUT2D eigenvalue weighted by Gasteiger charge is 2.33. The molecule has 1 fully saturated rings. The standard InChI is InChI=1S/C11H17BrN4O/c1-2-3-4-16-11(17)10(12)9(6-14-16)15-8-5-7(8)13/h6-8,15H,2-5,13H2,1H3. The van der Waals surface area contributed by atoms with Gasteiger partial charge in [0.05, 0.1) is 11.9 Å². The molecule has 0 aliphatic heterocycles. The molecule has 0 aromatic carbocycles. The van der Waals surface area contributed by atoms with E-state index in [0.717, 1.165) is 24.9 Å². The van der Waals surface area contributed by atoms with Crippen LogP contribution in [0.15, 0.2) is 15.5 Å². The Hall–Kier alpha value is -0.880. The van der Waals surface area contributed by atoms with Gasteiger partial charge in [0, 0.05) is 18.6 Å². The number of aromatic nitrogens is 2. The lowest BCUT2D eigenvalue weighted by atomic mass is 10.3. The summed E-state index contributed by atoms with van der Waals surface area (Å²) in [6, 6.07) is 0.475. The monoisotopic (exact) mass is 300 g/mol. The first kappa shape index (κ1) is 12.6. The van der Waals surface area contributed by atoms with E-state index >= 15 is 0 Å². The Balaban J connectivity index is 2.14. The summed E-state index contributed by atoms with van der Waals surface area (Å²) in [7, 11) is 0. The third-order valence-electron chi connectivity index (χ3n) is 2.89. The minimum absolute atomic E-state index is 0.0855. The second-order valence-corrected chi connectivity index (χ2v) is 5.20. The average molecular weight is 301 g/mol. The van der Waals surface area contributed by atoms with Crippen LogP contribution in [0.3, 0.4) is 0 Å². The van der Waals surface area contributed by atoms with Crippen LogP contribution in [0.4, 0.5) is 5.69 Å².